The van der Waals surface area contributed by atoms with E-state index in [2.05, 4.69) is 40.5 Å². The highest BCUT2D eigenvalue weighted by Crippen LogP contribution is 2.26. The van der Waals surface area contributed by atoms with Gasteiger partial charge in [-0.3, -0.25) is 4.79 Å². The summed E-state index contributed by atoms with van der Waals surface area (Å²) in [6.07, 6.45) is 3.30. The van der Waals surface area contributed by atoms with E-state index in [0.717, 1.165) is 44.6 Å². The number of amides is 1. The van der Waals surface area contributed by atoms with E-state index in [1.54, 1.807) is 0 Å². The second-order valence-corrected chi connectivity index (χ2v) is 6.81. The van der Waals surface area contributed by atoms with Crippen molar-refractivity contribution >= 4 is 17.7 Å². The molecule has 0 aromatic heterocycles. The third-order valence-corrected chi connectivity index (χ3v) is 5.43. The van der Waals surface area contributed by atoms with E-state index in [9.17, 15) is 4.79 Å². The van der Waals surface area contributed by atoms with Gasteiger partial charge < -0.3 is 10.2 Å². The first-order valence-electron chi connectivity index (χ1n) is 7.53. The summed E-state index contributed by atoms with van der Waals surface area (Å²) in [5.41, 5.74) is 0. The number of likely N-dealkylation sites (tertiary alicyclic amines) is 1. The molecule has 0 spiro atoms. The maximum Gasteiger partial charge on any atom is 0.239 e. The van der Waals surface area contributed by atoms with E-state index in [4.69, 9.17) is 0 Å². The quantitative estimate of drug-likeness (QED) is 0.864. The molecule has 2 unspecified atom stereocenters. The van der Waals surface area contributed by atoms with Crippen molar-refractivity contribution in [3.8, 4) is 0 Å². The monoisotopic (exact) mass is 290 g/mol. The Morgan fingerprint density at radius 1 is 1.30 bits per heavy atom. The highest BCUT2D eigenvalue weighted by molar-refractivity contribution is 7.99. The zero-order chi connectivity index (χ0) is 13.8. The number of nitrogens with one attached hydrogen (secondary N) is 1. The lowest BCUT2D eigenvalue weighted by molar-refractivity contribution is -0.132. The Labute approximate surface area is 125 Å². The van der Waals surface area contributed by atoms with Crippen LogP contribution in [-0.4, -0.2) is 42.2 Å². The minimum atomic E-state index is 0.0931. The van der Waals surface area contributed by atoms with Gasteiger partial charge in [-0.25, -0.2) is 0 Å². The number of rotatable bonds is 4. The van der Waals surface area contributed by atoms with Gasteiger partial charge in [0, 0.05) is 23.7 Å². The topological polar surface area (TPSA) is 32.3 Å². The largest absolute Gasteiger partial charge is 0.341 e. The first kappa shape index (κ1) is 14.0. The fraction of sp³-hybridized carbons (Fsp3) is 0.562. The summed E-state index contributed by atoms with van der Waals surface area (Å²) in [4.78, 5) is 15.7. The molecule has 0 saturated carbocycles. The molecule has 1 amide bonds. The molecule has 108 valence electrons. The Kier molecular flexibility index (Phi) is 4.63. The molecular formula is C16H22N2OS. The fourth-order valence-electron chi connectivity index (χ4n) is 3.02. The first-order valence-corrected chi connectivity index (χ1v) is 8.51. The molecule has 4 heteroatoms. The van der Waals surface area contributed by atoms with Crippen molar-refractivity contribution < 1.29 is 4.79 Å². The summed E-state index contributed by atoms with van der Waals surface area (Å²) < 4.78 is 0. The summed E-state index contributed by atoms with van der Waals surface area (Å²) in [6.45, 7) is 2.88. The van der Waals surface area contributed by atoms with Gasteiger partial charge >= 0.3 is 0 Å². The van der Waals surface area contributed by atoms with Gasteiger partial charge in [0.15, 0.2) is 0 Å². The van der Waals surface area contributed by atoms with E-state index < -0.39 is 0 Å². The van der Waals surface area contributed by atoms with Crippen LogP contribution in [0.15, 0.2) is 35.2 Å². The lowest BCUT2D eigenvalue weighted by Crippen LogP contribution is -2.42. The van der Waals surface area contributed by atoms with Crippen LogP contribution in [0, 0.1) is 5.92 Å². The lowest BCUT2D eigenvalue weighted by atomic mass is 10.1. The average molecular weight is 290 g/mol. The maximum atomic E-state index is 12.3. The SMILES string of the molecule is O=C(C1CCCN1)N1CCC(CSc2ccccc2)C1. The van der Waals surface area contributed by atoms with Gasteiger partial charge in [0.1, 0.15) is 0 Å². The van der Waals surface area contributed by atoms with Crippen molar-refractivity contribution in [1.82, 2.24) is 10.2 Å². The van der Waals surface area contributed by atoms with Crippen molar-refractivity contribution in [2.45, 2.75) is 30.2 Å². The smallest absolute Gasteiger partial charge is 0.239 e. The van der Waals surface area contributed by atoms with Crippen molar-refractivity contribution in [3.63, 3.8) is 0 Å². The van der Waals surface area contributed by atoms with Gasteiger partial charge in [0.25, 0.3) is 0 Å². The molecule has 0 bridgehead atoms. The highest BCUT2D eigenvalue weighted by Gasteiger charge is 2.31. The Balaban J connectivity index is 1.46. The summed E-state index contributed by atoms with van der Waals surface area (Å²) in [7, 11) is 0. The van der Waals surface area contributed by atoms with Crippen LogP contribution in [0.1, 0.15) is 19.3 Å². The second kappa shape index (κ2) is 6.64. The zero-order valence-corrected chi connectivity index (χ0v) is 12.6. The van der Waals surface area contributed by atoms with Gasteiger partial charge in [-0.05, 0) is 43.9 Å². The van der Waals surface area contributed by atoms with Crippen LogP contribution in [0.3, 0.4) is 0 Å². The normalized spacial score (nSPS) is 26.1. The molecule has 2 aliphatic rings. The number of nitrogens with zero attached hydrogens (tertiary/aromatic N) is 1. The van der Waals surface area contributed by atoms with E-state index in [1.165, 1.54) is 4.90 Å². The fourth-order valence-corrected chi connectivity index (χ4v) is 4.07. The van der Waals surface area contributed by atoms with E-state index in [1.807, 2.05) is 11.8 Å². The average Bonchev–Trinajstić information content (AvgIpc) is 3.17. The molecule has 1 N–H and O–H groups in total. The number of carbonyl (C=O) groups is 1. The molecule has 2 atom stereocenters. The van der Waals surface area contributed by atoms with Crippen LogP contribution in [0.25, 0.3) is 0 Å². The summed E-state index contributed by atoms with van der Waals surface area (Å²) in [5.74, 6) is 2.09. The van der Waals surface area contributed by atoms with Crippen molar-refractivity contribution in [2.24, 2.45) is 5.92 Å². The van der Waals surface area contributed by atoms with Crippen LogP contribution >= 0.6 is 11.8 Å². The van der Waals surface area contributed by atoms with Crippen molar-refractivity contribution in [3.05, 3.63) is 30.3 Å². The standard InChI is InChI=1S/C16H22N2OS/c19-16(15-7-4-9-17-15)18-10-8-13(11-18)12-20-14-5-2-1-3-6-14/h1-3,5-6,13,15,17H,4,7-12H2. The van der Waals surface area contributed by atoms with Crippen LogP contribution in [0.2, 0.25) is 0 Å². The molecule has 0 radical (unpaired) electrons. The zero-order valence-electron chi connectivity index (χ0n) is 11.8. The summed E-state index contributed by atoms with van der Waals surface area (Å²) in [5, 5.41) is 3.31. The second-order valence-electron chi connectivity index (χ2n) is 5.71. The molecule has 2 saturated heterocycles. The third-order valence-electron chi connectivity index (χ3n) is 4.18. The summed E-state index contributed by atoms with van der Waals surface area (Å²) in [6, 6.07) is 10.6. The number of hydrogen-bond donors (Lipinski definition) is 1. The van der Waals surface area contributed by atoms with Crippen LogP contribution < -0.4 is 5.32 Å². The molecule has 2 fully saturated rings. The van der Waals surface area contributed by atoms with Gasteiger partial charge in [-0.15, -0.1) is 11.8 Å². The molecule has 3 nitrogen and oxygen atoms in total. The molecule has 2 heterocycles. The molecule has 20 heavy (non-hydrogen) atoms. The Hall–Kier alpha value is -1.00. The van der Waals surface area contributed by atoms with Gasteiger partial charge in [0.05, 0.1) is 6.04 Å². The predicted octanol–water partition coefficient (Wildman–Crippen LogP) is 2.38. The van der Waals surface area contributed by atoms with Crippen molar-refractivity contribution in [2.75, 3.05) is 25.4 Å². The van der Waals surface area contributed by atoms with Crippen molar-refractivity contribution in [1.29, 1.82) is 0 Å². The minimum Gasteiger partial charge on any atom is -0.341 e. The van der Waals surface area contributed by atoms with E-state index in [0.29, 0.717) is 11.8 Å². The van der Waals surface area contributed by atoms with Gasteiger partial charge in [-0.2, -0.15) is 0 Å². The number of hydrogen-bond acceptors (Lipinski definition) is 3. The predicted molar refractivity (Wildman–Crippen MR) is 82.9 cm³/mol. The van der Waals surface area contributed by atoms with E-state index >= 15 is 0 Å². The molecule has 3 rings (SSSR count). The highest BCUT2D eigenvalue weighted by atomic mass is 32.2. The summed E-state index contributed by atoms with van der Waals surface area (Å²) >= 11 is 1.91. The maximum absolute atomic E-state index is 12.3. The van der Waals surface area contributed by atoms with Crippen LogP contribution in [0.4, 0.5) is 0 Å². The number of carbonyl (C=O) groups excluding carboxylic acids is 1. The van der Waals surface area contributed by atoms with E-state index in [-0.39, 0.29) is 6.04 Å². The Morgan fingerprint density at radius 3 is 2.90 bits per heavy atom. The van der Waals surface area contributed by atoms with Crippen LogP contribution in [-0.2, 0) is 4.79 Å². The Bertz CT molecular complexity index is 445. The Morgan fingerprint density at radius 2 is 2.15 bits per heavy atom. The first-order chi connectivity index (χ1) is 9.83. The molecule has 1 aromatic rings. The minimum absolute atomic E-state index is 0.0931. The van der Waals surface area contributed by atoms with Crippen LogP contribution in [0.5, 0.6) is 0 Å². The lowest BCUT2D eigenvalue weighted by Gasteiger charge is -2.20. The number of benzene rings is 1. The molecule has 0 aliphatic carbocycles. The third kappa shape index (κ3) is 3.36. The molecular weight excluding hydrogens is 268 g/mol. The van der Waals surface area contributed by atoms with Gasteiger partial charge in [0.2, 0.25) is 5.91 Å². The van der Waals surface area contributed by atoms with Gasteiger partial charge in [-0.1, -0.05) is 18.2 Å². The molecule has 2 aliphatic heterocycles. The molecule has 1 aromatic carbocycles. The number of thioether (sulfide) groups is 1.